The largest absolute Gasteiger partial charge is 0.339 e. The Bertz CT molecular complexity index is 1430. The summed E-state index contributed by atoms with van der Waals surface area (Å²) < 4.78 is 14.4. The van der Waals surface area contributed by atoms with E-state index in [4.69, 9.17) is 0 Å². The number of nitrogens with one attached hydrogen (secondary N) is 1. The predicted octanol–water partition coefficient (Wildman–Crippen LogP) is 3.60. The minimum atomic E-state index is -1.39. The van der Waals surface area contributed by atoms with Crippen molar-refractivity contribution in [3.05, 3.63) is 59.3 Å². The molecule has 3 aliphatic heterocycles. The summed E-state index contributed by atoms with van der Waals surface area (Å²) >= 11 is 0. The molecule has 0 aliphatic carbocycles. The van der Waals surface area contributed by atoms with Gasteiger partial charge in [-0.2, -0.15) is 5.10 Å². The van der Waals surface area contributed by atoms with Gasteiger partial charge in [-0.25, -0.2) is 4.39 Å². The molecule has 1 N–H and O–H groups in total. The fourth-order valence-electron chi connectivity index (χ4n) is 6.32. The van der Waals surface area contributed by atoms with Crippen molar-refractivity contribution < 1.29 is 20.2 Å². The number of carbonyl (C=O) groups excluding carboxylic acids is 3. The van der Waals surface area contributed by atoms with Crippen molar-refractivity contribution in [2.45, 2.75) is 44.2 Å². The van der Waals surface area contributed by atoms with Crippen molar-refractivity contribution >= 4 is 34.3 Å². The molecular weight excluding hydrogens is 473 g/mol. The summed E-state index contributed by atoms with van der Waals surface area (Å²) in [6, 6.07) is 11.3. The zero-order valence-electron chi connectivity index (χ0n) is 21.1. The van der Waals surface area contributed by atoms with Gasteiger partial charge in [-0.15, -0.1) is 0 Å². The van der Waals surface area contributed by atoms with Gasteiger partial charge in [0.1, 0.15) is 12.2 Å². The van der Waals surface area contributed by atoms with E-state index in [1.165, 1.54) is 11.8 Å². The number of anilines is 1. The SMILES string of the molecule is Cc1cccc2c1C1(CCN(C(=O)c3ccc4[nH]ncc4c3)CC1)C(=O)N2CC(=O)N1CCC(C)(F)C1.[HH]. The molecule has 3 aliphatic rings. The highest BCUT2D eigenvalue weighted by Crippen LogP contribution is 2.49. The van der Waals surface area contributed by atoms with E-state index in [-0.39, 0.29) is 32.2 Å². The van der Waals surface area contributed by atoms with Gasteiger partial charge in [0.05, 0.1) is 23.7 Å². The lowest BCUT2D eigenvalue weighted by molar-refractivity contribution is -0.132. The molecular formula is C28H32FN5O3. The van der Waals surface area contributed by atoms with Gasteiger partial charge in [0.25, 0.3) is 5.91 Å². The Labute approximate surface area is 215 Å². The molecule has 4 heterocycles. The molecule has 9 heteroatoms. The van der Waals surface area contributed by atoms with Crippen molar-refractivity contribution in [1.82, 2.24) is 20.0 Å². The first-order valence-corrected chi connectivity index (χ1v) is 12.8. The number of benzene rings is 2. The van der Waals surface area contributed by atoms with Crippen LogP contribution in [0.1, 0.15) is 49.1 Å². The van der Waals surface area contributed by atoms with E-state index in [2.05, 4.69) is 10.2 Å². The number of amides is 3. The Morgan fingerprint density at radius 3 is 2.59 bits per heavy atom. The fraction of sp³-hybridized carbons (Fsp3) is 0.429. The molecule has 2 aromatic carbocycles. The lowest BCUT2D eigenvalue weighted by Gasteiger charge is -2.39. The van der Waals surface area contributed by atoms with Gasteiger partial charge < -0.3 is 14.7 Å². The van der Waals surface area contributed by atoms with Gasteiger partial charge in [0.15, 0.2) is 0 Å². The lowest BCUT2D eigenvalue weighted by atomic mass is 9.72. The zero-order chi connectivity index (χ0) is 25.9. The van der Waals surface area contributed by atoms with Crippen LogP contribution in [0.25, 0.3) is 10.9 Å². The second-order valence-corrected chi connectivity index (χ2v) is 10.9. The van der Waals surface area contributed by atoms with E-state index in [1.54, 1.807) is 22.1 Å². The summed E-state index contributed by atoms with van der Waals surface area (Å²) in [5, 5.41) is 7.79. The number of hydrogen-bond acceptors (Lipinski definition) is 4. The molecule has 0 radical (unpaired) electrons. The molecule has 1 aromatic heterocycles. The number of alkyl halides is 1. The number of aryl methyl sites for hydroxylation is 1. The molecule has 0 saturated carbocycles. The molecule has 3 amide bonds. The maximum absolute atomic E-state index is 14.4. The lowest BCUT2D eigenvalue weighted by Crippen LogP contribution is -2.51. The summed E-state index contributed by atoms with van der Waals surface area (Å²) in [5.41, 5.74) is 2.02. The Morgan fingerprint density at radius 1 is 1.11 bits per heavy atom. The van der Waals surface area contributed by atoms with Crippen LogP contribution in [0.4, 0.5) is 10.1 Å². The van der Waals surface area contributed by atoms with E-state index < -0.39 is 11.1 Å². The van der Waals surface area contributed by atoms with Crippen molar-refractivity contribution in [3.63, 3.8) is 0 Å². The second kappa shape index (κ2) is 8.39. The van der Waals surface area contributed by atoms with Crippen molar-refractivity contribution in [3.8, 4) is 0 Å². The number of halogens is 1. The van der Waals surface area contributed by atoms with Crippen LogP contribution in [0.3, 0.4) is 0 Å². The van der Waals surface area contributed by atoms with E-state index >= 15 is 0 Å². The number of likely N-dealkylation sites (tertiary alicyclic amines) is 2. The van der Waals surface area contributed by atoms with Crippen molar-refractivity contribution in [2.75, 3.05) is 37.6 Å². The van der Waals surface area contributed by atoms with Gasteiger partial charge >= 0.3 is 0 Å². The van der Waals surface area contributed by atoms with Crippen LogP contribution in [0.5, 0.6) is 0 Å². The summed E-state index contributed by atoms with van der Waals surface area (Å²) in [5.74, 6) is -0.399. The van der Waals surface area contributed by atoms with Crippen LogP contribution in [-0.2, 0) is 15.0 Å². The van der Waals surface area contributed by atoms with Crippen LogP contribution in [0.2, 0.25) is 0 Å². The first-order chi connectivity index (χ1) is 17.7. The quantitative estimate of drug-likeness (QED) is 0.589. The highest BCUT2D eigenvalue weighted by atomic mass is 19.1. The van der Waals surface area contributed by atoms with Crippen LogP contribution < -0.4 is 4.90 Å². The van der Waals surface area contributed by atoms with Gasteiger partial charge in [-0.05, 0) is 62.1 Å². The zero-order valence-corrected chi connectivity index (χ0v) is 21.1. The molecule has 2 fully saturated rings. The van der Waals surface area contributed by atoms with E-state index in [9.17, 15) is 18.8 Å². The molecule has 2 saturated heterocycles. The topological polar surface area (TPSA) is 89.6 Å². The average Bonchev–Trinajstić information content (AvgIpc) is 3.56. The van der Waals surface area contributed by atoms with Gasteiger partial charge in [0.2, 0.25) is 11.8 Å². The van der Waals surface area contributed by atoms with Crippen LogP contribution >= 0.6 is 0 Å². The molecule has 1 spiro atoms. The number of carbonyl (C=O) groups is 3. The number of hydrogen-bond donors (Lipinski definition) is 1. The molecule has 0 bridgehead atoms. The number of nitrogens with zero attached hydrogens (tertiary/aromatic N) is 4. The standard InChI is InChI=1S/C28H30FN5O3.H2/c1-18-4-3-5-22-24(18)28(26(37)34(22)16-23(35)33-11-8-27(2,29)17-33)9-12-32(13-10-28)25(36)19-6-7-21-20(14-19)15-30-31-21;/h3-7,14-15H,8-13,16-17H2,1-2H3,(H,30,31);1H. The third-order valence-electron chi connectivity index (χ3n) is 8.34. The fourth-order valence-corrected chi connectivity index (χ4v) is 6.32. The molecule has 3 aromatic rings. The minimum Gasteiger partial charge on any atom is -0.339 e. The summed E-state index contributed by atoms with van der Waals surface area (Å²) in [4.78, 5) is 45.3. The Balaban J connectivity index is 0.00000294. The highest BCUT2D eigenvalue weighted by molar-refractivity contribution is 6.11. The number of aromatic nitrogens is 2. The molecule has 194 valence electrons. The van der Waals surface area contributed by atoms with E-state index in [1.807, 2.05) is 37.3 Å². The molecule has 8 nitrogen and oxygen atoms in total. The van der Waals surface area contributed by atoms with Gasteiger partial charge in [-0.3, -0.25) is 19.5 Å². The third-order valence-corrected chi connectivity index (χ3v) is 8.34. The first-order valence-electron chi connectivity index (χ1n) is 12.8. The number of H-pyrrole nitrogens is 1. The Kier molecular flexibility index (Phi) is 5.36. The van der Waals surface area contributed by atoms with E-state index in [0.717, 1.165) is 27.7 Å². The second-order valence-electron chi connectivity index (χ2n) is 10.9. The third kappa shape index (κ3) is 3.79. The number of piperidine rings is 1. The molecule has 6 rings (SSSR count). The maximum Gasteiger partial charge on any atom is 0.253 e. The minimum absolute atomic E-state index is 0. The number of fused-ring (bicyclic) bond motifs is 3. The summed E-state index contributed by atoms with van der Waals surface area (Å²) in [6.07, 6.45) is 2.98. The Morgan fingerprint density at radius 2 is 1.86 bits per heavy atom. The average molecular weight is 506 g/mol. The van der Waals surface area contributed by atoms with Crippen LogP contribution in [0.15, 0.2) is 42.6 Å². The Hall–Kier alpha value is -3.75. The van der Waals surface area contributed by atoms with Crippen LogP contribution in [-0.4, -0.2) is 76.1 Å². The molecule has 1 atom stereocenters. The monoisotopic (exact) mass is 505 g/mol. The summed E-state index contributed by atoms with van der Waals surface area (Å²) in [7, 11) is 0. The van der Waals surface area contributed by atoms with Gasteiger partial charge in [-0.1, -0.05) is 12.1 Å². The first kappa shape index (κ1) is 23.6. The highest BCUT2D eigenvalue weighted by Gasteiger charge is 2.53. The summed E-state index contributed by atoms with van der Waals surface area (Å²) in [6.45, 7) is 4.71. The number of aromatic amines is 1. The van der Waals surface area contributed by atoms with Gasteiger partial charge in [0, 0.05) is 44.1 Å². The normalized spacial score (nSPS) is 22.8. The van der Waals surface area contributed by atoms with E-state index in [0.29, 0.717) is 44.5 Å². The maximum atomic E-state index is 14.4. The van der Waals surface area contributed by atoms with Crippen molar-refractivity contribution in [1.29, 1.82) is 0 Å². The smallest absolute Gasteiger partial charge is 0.253 e. The molecule has 1 unspecified atom stereocenters. The van der Waals surface area contributed by atoms with Crippen molar-refractivity contribution in [2.24, 2.45) is 0 Å². The predicted molar refractivity (Wildman–Crippen MR) is 139 cm³/mol. The molecule has 37 heavy (non-hydrogen) atoms. The number of rotatable bonds is 3. The van der Waals surface area contributed by atoms with Crippen LogP contribution in [0, 0.1) is 6.92 Å².